The van der Waals surface area contributed by atoms with Crippen molar-refractivity contribution in [1.82, 2.24) is 10.3 Å². The lowest BCUT2D eigenvalue weighted by atomic mass is 10.1. The summed E-state index contributed by atoms with van der Waals surface area (Å²) in [7, 11) is 1.97. The number of ether oxygens (including phenoxy) is 1. The second-order valence-corrected chi connectivity index (χ2v) is 6.11. The summed E-state index contributed by atoms with van der Waals surface area (Å²) in [6.07, 6.45) is 3.81. The van der Waals surface area contributed by atoms with Crippen molar-refractivity contribution in [1.29, 1.82) is 0 Å². The van der Waals surface area contributed by atoms with Crippen LogP contribution in [0.4, 0.5) is 0 Å². The third kappa shape index (κ3) is 3.55. The second kappa shape index (κ2) is 6.17. The van der Waals surface area contributed by atoms with Crippen molar-refractivity contribution in [2.45, 2.75) is 32.9 Å². The number of rotatable bonds is 5. The molecule has 0 radical (unpaired) electrons. The first-order valence-corrected chi connectivity index (χ1v) is 7.27. The largest absolute Gasteiger partial charge is 0.489 e. The Morgan fingerprint density at radius 1 is 1.26 bits per heavy atom. The van der Waals surface area contributed by atoms with Gasteiger partial charge in [-0.2, -0.15) is 0 Å². The fourth-order valence-corrected chi connectivity index (χ4v) is 3.03. The Labute approximate surface area is 118 Å². The minimum Gasteiger partial charge on any atom is -0.489 e. The third-order valence-electron chi connectivity index (χ3n) is 2.77. The van der Waals surface area contributed by atoms with Crippen LogP contribution in [-0.2, 0) is 0 Å². The van der Waals surface area contributed by atoms with E-state index in [0.717, 1.165) is 11.3 Å². The molecule has 2 rings (SSSR count). The van der Waals surface area contributed by atoms with Gasteiger partial charge in [0.15, 0.2) is 0 Å². The highest BCUT2D eigenvalue weighted by Gasteiger charge is 2.15. The van der Waals surface area contributed by atoms with Crippen molar-refractivity contribution in [2.75, 3.05) is 7.05 Å². The fraction of sp³-hybridized carbons (Fsp3) is 0.400. The minimum atomic E-state index is 0.161. The van der Waals surface area contributed by atoms with Crippen LogP contribution in [0.3, 0.4) is 0 Å². The number of aryl methyl sites for hydroxylation is 1. The average molecular weight is 276 g/mol. The Morgan fingerprint density at radius 2 is 2.05 bits per heavy atom. The lowest BCUT2D eigenvalue weighted by Gasteiger charge is -2.16. The summed E-state index contributed by atoms with van der Waals surface area (Å²) >= 11 is 1.80. The molecule has 2 aromatic heterocycles. The predicted molar refractivity (Wildman–Crippen MR) is 80.0 cm³/mol. The van der Waals surface area contributed by atoms with Crippen molar-refractivity contribution in [3.63, 3.8) is 0 Å². The van der Waals surface area contributed by atoms with E-state index in [0.29, 0.717) is 0 Å². The SMILES string of the molecule is CNC(c1cncc(OC(C)C)c1)c1ccc(C)s1. The molecule has 0 aromatic carbocycles. The van der Waals surface area contributed by atoms with Crippen molar-refractivity contribution >= 4 is 11.3 Å². The van der Waals surface area contributed by atoms with Gasteiger partial charge in [-0.3, -0.25) is 4.98 Å². The molecule has 0 aliphatic carbocycles. The second-order valence-electron chi connectivity index (χ2n) is 4.79. The van der Waals surface area contributed by atoms with Gasteiger partial charge in [0.25, 0.3) is 0 Å². The molecule has 0 fully saturated rings. The Morgan fingerprint density at radius 3 is 2.63 bits per heavy atom. The molecule has 0 saturated carbocycles. The van der Waals surface area contributed by atoms with Gasteiger partial charge in [-0.05, 0) is 51.6 Å². The zero-order valence-corrected chi connectivity index (χ0v) is 12.6. The molecule has 0 amide bonds. The Kier molecular flexibility index (Phi) is 4.56. The van der Waals surface area contributed by atoms with Gasteiger partial charge in [-0.1, -0.05) is 0 Å². The first-order valence-electron chi connectivity index (χ1n) is 6.45. The van der Waals surface area contributed by atoms with Crippen LogP contribution in [0, 0.1) is 6.92 Å². The smallest absolute Gasteiger partial charge is 0.138 e. The van der Waals surface area contributed by atoms with Gasteiger partial charge in [-0.25, -0.2) is 0 Å². The lowest BCUT2D eigenvalue weighted by molar-refractivity contribution is 0.241. The van der Waals surface area contributed by atoms with E-state index in [2.05, 4.69) is 35.4 Å². The molecule has 1 unspecified atom stereocenters. The van der Waals surface area contributed by atoms with Crippen molar-refractivity contribution < 1.29 is 4.74 Å². The summed E-state index contributed by atoms with van der Waals surface area (Å²) in [6, 6.07) is 6.54. The maximum Gasteiger partial charge on any atom is 0.138 e. The Hall–Kier alpha value is -1.39. The maximum atomic E-state index is 5.70. The van der Waals surface area contributed by atoms with E-state index in [-0.39, 0.29) is 12.1 Å². The van der Waals surface area contributed by atoms with Crippen LogP contribution in [0.2, 0.25) is 0 Å². The standard InChI is InChI=1S/C15H20N2OS/c1-10(2)18-13-7-12(8-17-9-13)15(16-4)14-6-5-11(3)19-14/h5-10,15-16H,1-4H3. The van der Waals surface area contributed by atoms with Crippen LogP contribution in [0.5, 0.6) is 5.75 Å². The van der Waals surface area contributed by atoms with Crippen LogP contribution in [0.1, 0.15) is 35.2 Å². The zero-order valence-electron chi connectivity index (χ0n) is 11.8. The topological polar surface area (TPSA) is 34.2 Å². The molecule has 2 aromatic rings. The van der Waals surface area contributed by atoms with E-state index >= 15 is 0 Å². The minimum absolute atomic E-state index is 0.161. The van der Waals surface area contributed by atoms with Gasteiger partial charge in [0.1, 0.15) is 5.75 Å². The average Bonchev–Trinajstić information content (AvgIpc) is 2.76. The highest BCUT2D eigenvalue weighted by atomic mass is 32.1. The van der Waals surface area contributed by atoms with Crippen LogP contribution in [0.15, 0.2) is 30.6 Å². The number of aromatic nitrogens is 1. The summed E-state index contributed by atoms with van der Waals surface area (Å²) in [5, 5.41) is 3.34. The van der Waals surface area contributed by atoms with Gasteiger partial charge in [0, 0.05) is 16.0 Å². The fourth-order valence-electron chi connectivity index (χ4n) is 2.01. The number of hydrogen-bond donors (Lipinski definition) is 1. The van der Waals surface area contributed by atoms with Crippen LogP contribution in [0.25, 0.3) is 0 Å². The molecular weight excluding hydrogens is 256 g/mol. The molecule has 2 heterocycles. The van der Waals surface area contributed by atoms with Gasteiger partial charge >= 0.3 is 0 Å². The highest BCUT2D eigenvalue weighted by molar-refractivity contribution is 7.12. The number of thiophene rings is 1. The molecule has 19 heavy (non-hydrogen) atoms. The first kappa shape index (κ1) is 14.0. The molecule has 1 N–H and O–H groups in total. The third-order valence-corrected chi connectivity index (χ3v) is 3.84. The van der Waals surface area contributed by atoms with Crippen molar-refractivity contribution in [3.05, 3.63) is 45.9 Å². The molecule has 4 heteroatoms. The number of pyridine rings is 1. The quantitative estimate of drug-likeness (QED) is 0.907. The predicted octanol–water partition coefficient (Wildman–Crippen LogP) is 3.55. The summed E-state index contributed by atoms with van der Waals surface area (Å²) in [6.45, 7) is 6.16. The number of nitrogens with one attached hydrogen (secondary N) is 1. The normalized spacial score (nSPS) is 12.7. The molecular formula is C15H20N2OS. The van der Waals surface area contributed by atoms with E-state index in [1.165, 1.54) is 9.75 Å². The van der Waals surface area contributed by atoms with Gasteiger partial charge in [0.2, 0.25) is 0 Å². The van der Waals surface area contributed by atoms with E-state index in [9.17, 15) is 0 Å². The molecule has 0 bridgehead atoms. The molecule has 3 nitrogen and oxygen atoms in total. The summed E-state index contributed by atoms with van der Waals surface area (Å²) in [5.41, 5.74) is 1.13. The molecule has 0 saturated heterocycles. The van der Waals surface area contributed by atoms with E-state index < -0.39 is 0 Å². The van der Waals surface area contributed by atoms with Gasteiger partial charge < -0.3 is 10.1 Å². The molecule has 0 aliphatic heterocycles. The maximum absolute atomic E-state index is 5.70. The highest BCUT2D eigenvalue weighted by Crippen LogP contribution is 2.29. The summed E-state index contributed by atoms with van der Waals surface area (Å²) in [5.74, 6) is 0.820. The van der Waals surface area contributed by atoms with Gasteiger partial charge in [0.05, 0.1) is 18.3 Å². The van der Waals surface area contributed by atoms with Crippen molar-refractivity contribution in [2.24, 2.45) is 0 Å². The number of hydrogen-bond acceptors (Lipinski definition) is 4. The van der Waals surface area contributed by atoms with E-state index in [1.54, 1.807) is 17.5 Å². The zero-order chi connectivity index (χ0) is 13.8. The van der Waals surface area contributed by atoms with E-state index in [4.69, 9.17) is 4.74 Å². The molecule has 1 atom stereocenters. The monoisotopic (exact) mass is 276 g/mol. The van der Waals surface area contributed by atoms with Gasteiger partial charge in [-0.15, -0.1) is 11.3 Å². The number of nitrogens with zero attached hydrogens (tertiary/aromatic N) is 1. The molecule has 0 aliphatic rings. The molecule has 0 spiro atoms. The Balaban J connectivity index is 2.28. The van der Waals surface area contributed by atoms with Crippen LogP contribution >= 0.6 is 11.3 Å². The summed E-state index contributed by atoms with van der Waals surface area (Å²) in [4.78, 5) is 6.89. The lowest BCUT2D eigenvalue weighted by Crippen LogP contribution is -2.17. The van der Waals surface area contributed by atoms with Crippen LogP contribution < -0.4 is 10.1 Å². The first-order chi connectivity index (χ1) is 9.10. The molecule has 102 valence electrons. The van der Waals surface area contributed by atoms with Crippen LogP contribution in [-0.4, -0.2) is 18.1 Å². The summed E-state index contributed by atoms with van der Waals surface area (Å²) < 4.78 is 5.70. The van der Waals surface area contributed by atoms with Crippen molar-refractivity contribution in [3.8, 4) is 5.75 Å². The van der Waals surface area contributed by atoms with E-state index in [1.807, 2.05) is 27.1 Å². The Bertz CT molecular complexity index is 536.